The summed E-state index contributed by atoms with van der Waals surface area (Å²) < 4.78 is 27.2. The standard InChI is InChI=1S/C20H32N4O4S/c1-4-9-21-19(25)14-22-20(26)15-23-10-12-24(13-11-23)29(27,28)18-7-5-17(6-8-18)16(2)3/h5-8,16H,4,9-15H2,1-3H3,(H,21,25)(H,22,26). The van der Waals surface area contributed by atoms with E-state index in [2.05, 4.69) is 24.5 Å². The first-order valence-electron chi connectivity index (χ1n) is 10.1. The molecule has 0 radical (unpaired) electrons. The second-order valence-electron chi connectivity index (χ2n) is 7.53. The zero-order valence-electron chi connectivity index (χ0n) is 17.5. The maximum absolute atomic E-state index is 12.8. The molecule has 2 N–H and O–H groups in total. The Morgan fingerprint density at radius 3 is 2.17 bits per heavy atom. The number of benzene rings is 1. The van der Waals surface area contributed by atoms with Crippen LogP contribution in [0.2, 0.25) is 0 Å². The minimum absolute atomic E-state index is 0.0421. The van der Waals surface area contributed by atoms with Crippen molar-refractivity contribution in [3.05, 3.63) is 29.8 Å². The number of nitrogens with one attached hydrogen (secondary N) is 2. The maximum atomic E-state index is 12.8. The van der Waals surface area contributed by atoms with E-state index >= 15 is 0 Å². The van der Waals surface area contributed by atoms with Gasteiger partial charge in [0.2, 0.25) is 21.8 Å². The molecule has 1 aromatic rings. The first-order valence-corrected chi connectivity index (χ1v) is 11.5. The van der Waals surface area contributed by atoms with Crippen molar-refractivity contribution in [1.29, 1.82) is 0 Å². The molecule has 0 bridgehead atoms. The average Bonchev–Trinajstić information content (AvgIpc) is 2.71. The number of sulfonamides is 1. The molecule has 2 amide bonds. The summed E-state index contributed by atoms with van der Waals surface area (Å²) in [6.45, 7) is 8.39. The highest BCUT2D eigenvalue weighted by Crippen LogP contribution is 2.21. The van der Waals surface area contributed by atoms with Gasteiger partial charge in [-0.05, 0) is 30.0 Å². The Morgan fingerprint density at radius 1 is 1.00 bits per heavy atom. The smallest absolute Gasteiger partial charge is 0.243 e. The normalized spacial score (nSPS) is 16.0. The maximum Gasteiger partial charge on any atom is 0.243 e. The first-order chi connectivity index (χ1) is 13.7. The molecule has 1 aliphatic rings. The van der Waals surface area contributed by atoms with E-state index in [1.54, 1.807) is 12.1 Å². The Bertz CT molecular complexity index is 785. The number of nitrogens with zero attached hydrogens (tertiary/aromatic N) is 2. The SMILES string of the molecule is CCCNC(=O)CNC(=O)CN1CCN(S(=O)(=O)c2ccc(C(C)C)cc2)CC1. The molecule has 29 heavy (non-hydrogen) atoms. The lowest BCUT2D eigenvalue weighted by Gasteiger charge is -2.33. The Balaban J connectivity index is 1.82. The van der Waals surface area contributed by atoms with Gasteiger partial charge in [0.1, 0.15) is 0 Å². The molecular weight excluding hydrogens is 392 g/mol. The van der Waals surface area contributed by atoms with Crippen LogP contribution in [0, 0.1) is 0 Å². The van der Waals surface area contributed by atoms with Crippen molar-refractivity contribution in [1.82, 2.24) is 19.8 Å². The summed E-state index contributed by atoms with van der Waals surface area (Å²) >= 11 is 0. The summed E-state index contributed by atoms with van der Waals surface area (Å²) in [5.41, 5.74) is 1.10. The molecule has 9 heteroatoms. The van der Waals surface area contributed by atoms with Crippen molar-refractivity contribution < 1.29 is 18.0 Å². The summed E-state index contributed by atoms with van der Waals surface area (Å²) in [7, 11) is -3.53. The van der Waals surface area contributed by atoms with Gasteiger partial charge in [-0.2, -0.15) is 4.31 Å². The lowest BCUT2D eigenvalue weighted by Crippen LogP contribution is -2.51. The molecular formula is C20H32N4O4S. The molecule has 1 saturated heterocycles. The summed E-state index contributed by atoms with van der Waals surface area (Å²) in [5.74, 6) is -0.101. The van der Waals surface area contributed by atoms with Gasteiger partial charge in [-0.1, -0.05) is 32.9 Å². The predicted molar refractivity (Wildman–Crippen MR) is 112 cm³/mol. The Labute approximate surface area is 173 Å². The zero-order valence-corrected chi connectivity index (χ0v) is 18.3. The van der Waals surface area contributed by atoms with E-state index in [9.17, 15) is 18.0 Å². The van der Waals surface area contributed by atoms with Gasteiger partial charge in [-0.15, -0.1) is 0 Å². The number of rotatable bonds is 9. The first kappa shape index (κ1) is 23.3. The third-order valence-electron chi connectivity index (χ3n) is 4.90. The number of amides is 2. The van der Waals surface area contributed by atoms with Gasteiger partial charge in [-0.3, -0.25) is 14.5 Å². The summed E-state index contributed by atoms with van der Waals surface area (Å²) in [5, 5.41) is 5.29. The van der Waals surface area contributed by atoms with E-state index in [0.29, 0.717) is 43.5 Å². The van der Waals surface area contributed by atoms with Gasteiger partial charge in [0.25, 0.3) is 0 Å². The highest BCUT2D eigenvalue weighted by molar-refractivity contribution is 7.89. The number of hydrogen-bond donors (Lipinski definition) is 2. The monoisotopic (exact) mass is 424 g/mol. The summed E-state index contributed by atoms with van der Waals surface area (Å²) in [4.78, 5) is 25.7. The molecule has 2 rings (SSSR count). The Kier molecular flexibility index (Phi) is 8.60. The average molecular weight is 425 g/mol. The van der Waals surface area contributed by atoms with Crippen molar-refractivity contribution in [3.63, 3.8) is 0 Å². The third-order valence-corrected chi connectivity index (χ3v) is 6.81. The second-order valence-corrected chi connectivity index (χ2v) is 9.47. The largest absolute Gasteiger partial charge is 0.355 e. The van der Waals surface area contributed by atoms with Crippen molar-refractivity contribution in [3.8, 4) is 0 Å². The van der Waals surface area contributed by atoms with E-state index in [1.807, 2.05) is 24.0 Å². The van der Waals surface area contributed by atoms with Gasteiger partial charge in [-0.25, -0.2) is 8.42 Å². The highest BCUT2D eigenvalue weighted by atomic mass is 32.2. The summed E-state index contributed by atoms with van der Waals surface area (Å²) in [6.07, 6.45) is 0.842. The van der Waals surface area contributed by atoms with Crippen molar-refractivity contribution in [2.24, 2.45) is 0 Å². The molecule has 1 aromatic carbocycles. The van der Waals surface area contributed by atoms with Crippen LogP contribution in [0.1, 0.15) is 38.7 Å². The van der Waals surface area contributed by atoms with Crippen molar-refractivity contribution >= 4 is 21.8 Å². The lowest BCUT2D eigenvalue weighted by atomic mass is 10.0. The van der Waals surface area contributed by atoms with Crippen LogP contribution in [0.15, 0.2) is 29.2 Å². The third kappa shape index (κ3) is 6.80. The van der Waals surface area contributed by atoms with Crippen LogP contribution in [0.25, 0.3) is 0 Å². The van der Waals surface area contributed by atoms with Crippen molar-refractivity contribution in [2.75, 3.05) is 45.8 Å². The molecule has 0 aliphatic carbocycles. The zero-order chi connectivity index (χ0) is 21.4. The van der Waals surface area contributed by atoms with E-state index in [-0.39, 0.29) is 24.9 Å². The molecule has 0 aromatic heterocycles. The Morgan fingerprint density at radius 2 is 1.62 bits per heavy atom. The van der Waals surface area contributed by atoms with Crippen LogP contribution in [0.5, 0.6) is 0 Å². The van der Waals surface area contributed by atoms with E-state index in [4.69, 9.17) is 0 Å². The molecule has 1 fully saturated rings. The predicted octanol–water partition coefficient (Wildman–Crippen LogP) is 0.759. The van der Waals surface area contributed by atoms with Crippen LogP contribution in [0.3, 0.4) is 0 Å². The van der Waals surface area contributed by atoms with Crippen LogP contribution >= 0.6 is 0 Å². The van der Waals surface area contributed by atoms with Crippen LogP contribution in [-0.4, -0.2) is 75.3 Å². The highest BCUT2D eigenvalue weighted by Gasteiger charge is 2.29. The van der Waals surface area contributed by atoms with Crippen LogP contribution < -0.4 is 10.6 Å². The van der Waals surface area contributed by atoms with Gasteiger partial charge >= 0.3 is 0 Å². The quantitative estimate of drug-likeness (QED) is 0.610. The lowest BCUT2D eigenvalue weighted by molar-refractivity contribution is -0.126. The molecule has 8 nitrogen and oxygen atoms in total. The summed E-state index contributed by atoms with van der Waals surface area (Å²) in [6, 6.07) is 7.03. The molecule has 0 spiro atoms. The van der Waals surface area contributed by atoms with Crippen LogP contribution in [-0.2, 0) is 19.6 Å². The molecule has 0 atom stereocenters. The number of hydrogen-bond acceptors (Lipinski definition) is 5. The minimum Gasteiger partial charge on any atom is -0.355 e. The molecule has 1 aliphatic heterocycles. The fourth-order valence-electron chi connectivity index (χ4n) is 3.07. The van der Waals surface area contributed by atoms with Gasteiger partial charge in [0.15, 0.2) is 0 Å². The number of piperazine rings is 1. The number of carbonyl (C=O) groups is 2. The molecule has 0 saturated carbocycles. The van der Waals surface area contributed by atoms with E-state index in [0.717, 1.165) is 12.0 Å². The van der Waals surface area contributed by atoms with Crippen molar-refractivity contribution in [2.45, 2.75) is 38.0 Å². The van der Waals surface area contributed by atoms with E-state index < -0.39 is 10.0 Å². The fraction of sp³-hybridized carbons (Fsp3) is 0.600. The number of carbonyl (C=O) groups excluding carboxylic acids is 2. The van der Waals surface area contributed by atoms with Gasteiger partial charge in [0.05, 0.1) is 18.0 Å². The van der Waals surface area contributed by atoms with Gasteiger partial charge in [0, 0.05) is 32.7 Å². The molecule has 162 valence electrons. The molecule has 1 heterocycles. The van der Waals surface area contributed by atoms with E-state index in [1.165, 1.54) is 4.31 Å². The Hall–Kier alpha value is -1.97. The second kappa shape index (κ2) is 10.7. The fourth-order valence-corrected chi connectivity index (χ4v) is 4.49. The van der Waals surface area contributed by atoms with Gasteiger partial charge < -0.3 is 10.6 Å². The minimum atomic E-state index is -3.53. The van der Waals surface area contributed by atoms with Crippen LogP contribution in [0.4, 0.5) is 0 Å². The molecule has 0 unspecified atom stereocenters. The topological polar surface area (TPSA) is 98.8 Å².